The van der Waals surface area contributed by atoms with E-state index in [1.165, 1.54) is 18.4 Å². The van der Waals surface area contributed by atoms with Crippen molar-refractivity contribution < 1.29 is 17.5 Å². The van der Waals surface area contributed by atoms with Gasteiger partial charge in [0.25, 0.3) is 0 Å². The molecule has 1 aliphatic heterocycles. The molecular formula is C31H31FN4O3S. The quantitative estimate of drug-likeness (QED) is 0.230. The van der Waals surface area contributed by atoms with Crippen LogP contribution in [0.1, 0.15) is 22.3 Å². The van der Waals surface area contributed by atoms with Gasteiger partial charge in [-0.25, -0.2) is 12.8 Å². The minimum Gasteiger partial charge on any atom is -0.489 e. The van der Waals surface area contributed by atoms with E-state index >= 15 is 0 Å². The summed E-state index contributed by atoms with van der Waals surface area (Å²) in [4.78, 5) is 6.60. The number of aromatic nitrogens is 1. The summed E-state index contributed by atoms with van der Waals surface area (Å²) in [6.45, 7) is 2.05. The molecule has 1 aliphatic rings. The van der Waals surface area contributed by atoms with Crippen molar-refractivity contribution in [1.29, 1.82) is 0 Å². The number of fused-ring (bicyclic) bond motifs is 1. The zero-order valence-corrected chi connectivity index (χ0v) is 23.0. The van der Waals surface area contributed by atoms with Crippen LogP contribution in [0, 0.1) is 5.82 Å². The molecular weight excluding hydrogens is 527 g/mol. The van der Waals surface area contributed by atoms with Gasteiger partial charge in [0.15, 0.2) is 0 Å². The van der Waals surface area contributed by atoms with Crippen molar-refractivity contribution in [3.8, 4) is 5.75 Å². The van der Waals surface area contributed by atoms with E-state index in [1.807, 2.05) is 48.8 Å². The number of anilines is 3. The maximum atomic E-state index is 13.1. The normalized spacial score (nSPS) is 12.7. The van der Waals surface area contributed by atoms with E-state index in [-0.39, 0.29) is 11.6 Å². The Morgan fingerprint density at radius 2 is 1.80 bits per heavy atom. The van der Waals surface area contributed by atoms with E-state index in [0.29, 0.717) is 26.2 Å². The molecule has 0 amide bonds. The minimum absolute atomic E-state index is 0.119. The highest BCUT2D eigenvalue weighted by atomic mass is 32.2. The molecule has 0 atom stereocenters. The van der Waals surface area contributed by atoms with E-state index in [2.05, 4.69) is 44.9 Å². The molecule has 206 valence electrons. The van der Waals surface area contributed by atoms with Crippen molar-refractivity contribution >= 4 is 33.0 Å². The molecule has 9 heteroatoms. The third-order valence-electron chi connectivity index (χ3n) is 6.53. The van der Waals surface area contributed by atoms with E-state index in [0.717, 1.165) is 45.1 Å². The molecule has 0 fully saturated rings. The van der Waals surface area contributed by atoms with Crippen molar-refractivity contribution in [1.82, 2.24) is 10.3 Å². The lowest BCUT2D eigenvalue weighted by Gasteiger charge is -2.27. The average Bonchev–Trinajstić information content (AvgIpc) is 2.95. The van der Waals surface area contributed by atoms with Crippen LogP contribution in [0.15, 0.2) is 91.4 Å². The molecule has 2 heterocycles. The van der Waals surface area contributed by atoms with Gasteiger partial charge in [0.1, 0.15) is 28.0 Å². The summed E-state index contributed by atoms with van der Waals surface area (Å²) >= 11 is 0. The second-order valence-electron chi connectivity index (χ2n) is 9.74. The Bertz CT molecular complexity index is 1590. The first-order valence-electron chi connectivity index (χ1n) is 13.0. The van der Waals surface area contributed by atoms with Gasteiger partial charge in [-0.1, -0.05) is 24.3 Å². The largest absolute Gasteiger partial charge is 0.489 e. The Balaban J connectivity index is 1.22. The Hall–Kier alpha value is -4.21. The average molecular weight is 559 g/mol. The fourth-order valence-electron chi connectivity index (χ4n) is 4.37. The molecule has 0 unspecified atom stereocenters. The summed E-state index contributed by atoms with van der Waals surface area (Å²) in [7, 11) is -2.98. The summed E-state index contributed by atoms with van der Waals surface area (Å²) in [5, 5.41) is 6.70. The number of hydrogen-bond donors (Lipinski definition) is 2. The van der Waals surface area contributed by atoms with E-state index in [1.54, 1.807) is 12.1 Å². The number of pyridine rings is 1. The van der Waals surface area contributed by atoms with Crippen LogP contribution in [0.3, 0.4) is 0 Å². The number of ether oxygens (including phenoxy) is 1. The van der Waals surface area contributed by atoms with Crippen molar-refractivity contribution in [3.05, 3.63) is 119 Å². The van der Waals surface area contributed by atoms with Gasteiger partial charge in [-0.3, -0.25) is 4.98 Å². The number of nitrogens with zero attached hydrogens (tertiary/aromatic N) is 2. The SMILES string of the molecule is CS(=O)(=O)CCNCc1cccc(N2C=Cc3cncc(Nc4ccc(OCc5ccc(F)cc5)cc4)c3C2)c1. The fraction of sp³-hybridized carbons (Fsp3) is 0.194. The molecule has 4 aromatic rings. The van der Waals surface area contributed by atoms with E-state index < -0.39 is 9.84 Å². The number of nitrogens with one attached hydrogen (secondary N) is 2. The molecule has 40 heavy (non-hydrogen) atoms. The number of halogens is 1. The van der Waals surface area contributed by atoms with Crippen LogP contribution in [0.5, 0.6) is 5.75 Å². The van der Waals surface area contributed by atoms with Gasteiger partial charge in [0, 0.05) is 54.2 Å². The van der Waals surface area contributed by atoms with Crippen LogP contribution < -0.4 is 20.3 Å². The molecule has 0 bridgehead atoms. The van der Waals surface area contributed by atoms with Crippen LogP contribution in [0.25, 0.3) is 6.08 Å². The molecule has 0 saturated heterocycles. The third kappa shape index (κ3) is 7.46. The van der Waals surface area contributed by atoms with Crippen LogP contribution in [-0.4, -0.2) is 32.0 Å². The van der Waals surface area contributed by atoms with Gasteiger partial charge in [-0.15, -0.1) is 0 Å². The van der Waals surface area contributed by atoms with Crippen molar-refractivity contribution in [2.75, 3.05) is 28.8 Å². The second kappa shape index (κ2) is 12.3. The first kappa shape index (κ1) is 27.4. The number of benzene rings is 3. The number of hydrogen-bond acceptors (Lipinski definition) is 7. The number of rotatable bonds is 11. The van der Waals surface area contributed by atoms with Crippen LogP contribution in [-0.2, 0) is 29.5 Å². The lowest BCUT2D eigenvalue weighted by molar-refractivity contribution is 0.306. The maximum Gasteiger partial charge on any atom is 0.148 e. The standard InChI is InChI=1S/C31H31FN4O3S/c1-40(37,38)16-14-33-18-24-3-2-4-28(17-24)36-15-13-25-19-34-20-31(30(25)21-36)35-27-9-11-29(12-10-27)39-22-23-5-7-26(32)8-6-23/h2-13,15,17,19-20,33,35H,14,16,18,21-22H2,1H3. The second-order valence-corrected chi connectivity index (χ2v) is 12.0. The molecule has 0 spiro atoms. The third-order valence-corrected chi connectivity index (χ3v) is 7.47. The smallest absolute Gasteiger partial charge is 0.148 e. The maximum absolute atomic E-state index is 13.1. The van der Waals surface area contributed by atoms with E-state index in [9.17, 15) is 12.8 Å². The van der Waals surface area contributed by atoms with Gasteiger partial charge < -0.3 is 20.3 Å². The first-order valence-corrected chi connectivity index (χ1v) is 15.0. The topological polar surface area (TPSA) is 83.6 Å². The van der Waals surface area contributed by atoms with Crippen LogP contribution in [0.2, 0.25) is 0 Å². The molecule has 3 aromatic carbocycles. The predicted octanol–water partition coefficient (Wildman–Crippen LogP) is 5.67. The highest BCUT2D eigenvalue weighted by Gasteiger charge is 2.17. The molecule has 5 rings (SSSR count). The monoisotopic (exact) mass is 558 g/mol. The molecule has 0 radical (unpaired) electrons. The molecule has 0 saturated carbocycles. The zero-order chi connectivity index (χ0) is 28.0. The zero-order valence-electron chi connectivity index (χ0n) is 22.2. The highest BCUT2D eigenvalue weighted by Crippen LogP contribution is 2.31. The van der Waals surface area contributed by atoms with Crippen molar-refractivity contribution in [2.24, 2.45) is 0 Å². The number of sulfone groups is 1. The van der Waals surface area contributed by atoms with Gasteiger partial charge in [-0.05, 0) is 65.7 Å². The molecule has 1 aromatic heterocycles. The van der Waals surface area contributed by atoms with Crippen LogP contribution in [0.4, 0.5) is 21.5 Å². The van der Waals surface area contributed by atoms with Gasteiger partial charge in [0.05, 0.1) is 24.2 Å². The van der Waals surface area contributed by atoms with Crippen molar-refractivity contribution in [3.63, 3.8) is 0 Å². The van der Waals surface area contributed by atoms with Gasteiger partial charge >= 0.3 is 0 Å². The van der Waals surface area contributed by atoms with E-state index in [4.69, 9.17) is 4.74 Å². The Kier molecular flexibility index (Phi) is 8.42. The predicted molar refractivity (Wildman–Crippen MR) is 158 cm³/mol. The Labute approximate surface area is 234 Å². The minimum atomic E-state index is -2.98. The highest BCUT2D eigenvalue weighted by molar-refractivity contribution is 7.90. The van der Waals surface area contributed by atoms with Crippen molar-refractivity contribution in [2.45, 2.75) is 19.7 Å². The summed E-state index contributed by atoms with van der Waals surface area (Å²) < 4.78 is 41.7. The van der Waals surface area contributed by atoms with Gasteiger partial charge in [-0.2, -0.15) is 0 Å². The molecule has 7 nitrogen and oxygen atoms in total. The summed E-state index contributed by atoms with van der Waals surface area (Å²) in [5.41, 5.74) is 7.05. The Morgan fingerprint density at radius 1 is 1.00 bits per heavy atom. The lowest BCUT2D eigenvalue weighted by Crippen LogP contribution is -2.23. The molecule has 0 aliphatic carbocycles. The first-order chi connectivity index (χ1) is 19.3. The summed E-state index contributed by atoms with van der Waals surface area (Å²) in [5.74, 6) is 0.580. The summed E-state index contributed by atoms with van der Waals surface area (Å²) in [6, 6.07) is 22.2. The lowest BCUT2D eigenvalue weighted by atomic mass is 10.0. The molecule has 2 N–H and O–H groups in total. The van der Waals surface area contributed by atoms with Gasteiger partial charge in [0.2, 0.25) is 0 Å². The fourth-order valence-corrected chi connectivity index (χ4v) is 4.89. The summed E-state index contributed by atoms with van der Waals surface area (Å²) in [6.07, 6.45) is 9.05. The van der Waals surface area contributed by atoms with Crippen LogP contribution >= 0.6 is 0 Å². The Morgan fingerprint density at radius 3 is 2.58 bits per heavy atom.